The van der Waals surface area contributed by atoms with Crippen molar-refractivity contribution in [1.29, 1.82) is 0 Å². The highest BCUT2D eigenvalue weighted by atomic mass is 19.1. The normalized spacial score (nSPS) is 11.7. The summed E-state index contributed by atoms with van der Waals surface area (Å²) in [6, 6.07) is 0. The third-order valence-electron chi connectivity index (χ3n) is 9.06. The zero-order valence-corrected chi connectivity index (χ0v) is 28.3. The average Bonchev–Trinajstić information content (AvgIpc) is 2.96. The van der Waals surface area contributed by atoms with E-state index in [9.17, 15) is 4.39 Å². The highest BCUT2D eigenvalue weighted by molar-refractivity contribution is 4.59. The van der Waals surface area contributed by atoms with Gasteiger partial charge in [0.15, 0.2) is 0 Å². The van der Waals surface area contributed by atoms with E-state index in [1.807, 2.05) is 0 Å². The van der Waals surface area contributed by atoms with Crippen molar-refractivity contribution in [2.75, 3.05) is 26.3 Å². The Morgan fingerprint density at radius 1 is 0.275 bits per heavy atom. The van der Waals surface area contributed by atoms with Crippen LogP contribution in [0.4, 0.5) is 4.39 Å². The van der Waals surface area contributed by atoms with E-state index < -0.39 is 0 Å². The van der Waals surface area contributed by atoms with Crippen LogP contribution in [0.1, 0.15) is 219 Å². The zero-order chi connectivity index (χ0) is 29.0. The van der Waals surface area contributed by atoms with Gasteiger partial charge in [0.25, 0.3) is 0 Å². The molecule has 0 aromatic rings. The van der Waals surface area contributed by atoms with Crippen molar-refractivity contribution in [3.63, 3.8) is 0 Å². The first kappa shape index (κ1) is 39.9. The van der Waals surface area contributed by atoms with Crippen LogP contribution in [0.5, 0.6) is 0 Å². The molecule has 0 amide bonds. The number of rotatable bonds is 36. The van der Waals surface area contributed by atoms with E-state index in [-0.39, 0.29) is 6.67 Å². The number of hydrogen-bond acceptors (Lipinski definition) is 1. The van der Waals surface area contributed by atoms with Crippen molar-refractivity contribution < 1.29 is 4.39 Å². The van der Waals surface area contributed by atoms with Gasteiger partial charge in [-0.05, 0) is 25.9 Å². The molecule has 0 aliphatic rings. The molecule has 0 fully saturated rings. The lowest BCUT2D eigenvalue weighted by Crippen LogP contribution is -2.28. The molecule has 0 heterocycles. The van der Waals surface area contributed by atoms with Gasteiger partial charge in [-0.3, -0.25) is 0 Å². The fourth-order valence-electron chi connectivity index (χ4n) is 6.22. The fourth-order valence-corrected chi connectivity index (χ4v) is 6.22. The van der Waals surface area contributed by atoms with E-state index in [4.69, 9.17) is 0 Å². The molecule has 0 aliphatic heterocycles. The third kappa shape index (κ3) is 34.1. The van der Waals surface area contributed by atoms with E-state index >= 15 is 0 Å². The summed E-state index contributed by atoms with van der Waals surface area (Å²) in [7, 11) is 0. The lowest BCUT2D eigenvalue weighted by Gasteiger charge is -2.20. The maximum Gasteiger partial charge on any atom is 0.102 e. The molecule has 0 unspecified atom stereocenters. The van der Waals surface area contributed by atoms with E-state index in [2.05, 4.69) is 18.7 Å². The van der Waals surface area contributed by atoms with Crippen LogP contribution in [-0.4, -0.2) is 31.2 Å². The van der Waals surface area contributed by atoms with Crippen molar-refractivity contribution in [2.45, 2.75) is 219 Å². The van der Waals surface area contributed by atoms with Gasteiger partial charge in [-0.25, -0.2) is 4.39 Å². The minimum absolute atomic E-state index is 0.183. The van der Waals surface area contributed by atoms with E-state index in [1.54, 1.807) is 0 Å². The average molecular weight is 568 g/mol. The maximum absolute atomic E-state index is 13.0. The number of hydrogen-bond donors (Lipinski definition) is 0. The van der Waals surface area contributed by atoms with Crippen molar-refractivity contribution in [1.82, 2.24) is 4.90 Å². The first-order chi connectivity index (χ1) is 19.8. The Bertz CT molecular complexity index is 390. The third-order valence-corrected chi connectivity index (χ3v) is 9.06. The Morgan fingerprint density at radius 2 is 0.475 bits per heavy atom. The highest BCUT2D eigenvalue weighted by Gasteiger charge is 2.04. The molecular weight excluding hydrogens is 489 g/mol. The number of halogens is 1. The molecule has 0 atom stereocenters. The lowest BCUT2D eigenvalue weighted by molar-refractivity contribution is 0.237. The second-order valence-electron chi connectivity index (χ2n) is 13.1. The summed E-state index contributed by atoms with van der Waals surface area (Å²) in [6.07, 6.45) is 45.3. The summed E-state index contributed by atoms with van der Waals surface area (Å²) in [6.45, 7) is 7.29. The second-order valence-corrected chi connectivity index (χ2v) is 13.1. The number of nitrogens with zero attached hydrogens (tertiary/aromatic N) is 1. The lowest BCUT2D eigenvalue weighted by atomic mass is 10.0. The Balaban J connectivity index is 3.35. The van der Waals surface area contributed by atoms with Crippen molar-refractivity contribution >= 4 is 0 Å². The van der Waals surface area contributed by atoms with Crippen LogP contribution in [-0.2, 0) is 0 Å². The molecule has 0 saturated heterocycles. The summed E-state index contributed by atoms with van der Waals surface area (Å²) in [5, 5.41) is 0. The molecule has 1 nitrogen and oxygen atoms in total. The van der Waals surface area contributed by atoms with Crippen LogP contribution in [0.2, 0.25) is 0 Å². The molecule has 0 rings (SSSR count). The van der Waals surface area contributed by atoms with Crippen LogP contribution in [0.3, 0.4) is 0 Å². The summed E-state index contributed by atoms with van der Waals surface area (Å²) >= 11 is 0. The minimum Gasteiger partial charge on any atom is -0.301 e. The van der Waals surface area contributed by atoms with Gasteiger partial charge in [0, 0.05) is 6.54 Å². The monoisotopic (exact) mass is 568 g/mol. The molecule has 40 heavy (non-hydrogen) atoms. The Morgan fingerprint density at radius 3 is 0.675 bits per heavy atom. The molecule has 0 spiro atoms. The van der Waals surface area contributed by atoms with Crippen molar-refractivity contribution in [3.05, 3.63) is 0 Å². The number of unbranched alkanes of at least 4 members (excludes halogenated alkanes) is 30. The van der Waals surface area contributed by atoms with Gasteiger partial charge in [-0.15, -0.1) is 0 Å². The van der Waals surface area contributed by atoms with Crippen LogP contribution in [0.25, 0.3) is 0 Å². The molecule has 0 saturated carbocycles. The first-order valence-corrected chi connectivity index (χ1v) is 19.1. The fraction of sp³-hybridized carbons (Fsp3) is 1.00. The second kappa shape index (κ2) is 36.9. The zero-order valence-electron chi connectivity index (χ0n) is 28.3. The Hall–Kier alpha value is -0.110. The molecule has 0 aliphatic carbocycles. The molecule has 0 aromatic heterocycles. The quantitative estimate of drug-likeness (QED) is 0.0680. The van der Waals surface area contributed by atoms with Gasteiger partial charge in [-0.2, -0.15) is 0 Å². The van der Waals surface area contributed by atoms with Crippen molar-refractivity contribution in [3.8, 4) is 0 Å². The van der Waals surface area contributed by atoms with Gasteiger partial charge in [0.2, 0.25) is 0 Å². The van der Waals surface area contributed by atoms with Crippen molar-refractivity contribution in [2.24, 2.45) is 0 Å². The minimum atomic E-state index is -0.183. The predicted octanol–water partition coefficient (Wildman–Crippen LogP) is 13.8. The van der Waals surface area contributed by atoms with E-state index in [0.29, 0.717) is 6.54 Å². The largest absolute Gasteiger partial charge is 0.301 e. The van der Waals surface area contributed by atoms with Gasteiger partial charge >= 0.3 is 0 Å². The standard InChI is InChI=1S/C38H78FN/c1-3-5-7-9-11-13-15-17-19-21-23-25-27-29-31-33-36-40(38-35-39)37-34-32-30-28-26-24-22-20-18-16-14-12-10-8-6-4-2/h3-38H2,1-2H3. The van der Waals surface area contributed by atoms with E-state index in [0.717, 1.165) is 13.1 Å². The van der Waals surface area contributed by atoms with Crippen LogP contribution in [0, 0.1) is 0 Å². The van der Waals surface area contributed by atoms with Gasteiger partial charge in [0.1, 0.15) is 6.67 Å². The van der Waals surface area contributed by atoms with E-state index in [1.165, 1.54) is 205 Å². The summed E-state index contributed by atoms with van der Waals surface area (Å²) < 4.78 is 13.0. The smallest absolute Gasteiger partial charge is 0.102 e. The van der Waals surface area contributed by atoms with Crippen LogP contribution >= 0.6 is 0 Å². The van der Waals surface area contributed by atoms with Crippen LogP contribution < -0.4 is 0 Å². The topological polar surface area (TPSA) is 3.24 Å². The maximum atomic E-state index is 13.0. The molecular formula is C38H78FN. The molecule has 0 N–H and O–H groups in total. The predicted molar refractivity (Wildman–Crippen MR) is 182 cm³/mol. The SMILES string of the molecule is CCCCCCCCCCCCCCCCCCN(CCF)CCCCCCCCCCCCCCCCCC. The first-order valence-electron chi connectivity index (χ1n) is 19.1. The Kier molecular flexibility index (Phi) is 36.8. The van der Waals surface area contributed by atoms with Gasteiger partial charge in [0.05, 0.1) is 0 Å². The molecule has 242 valence electrons. The molecule has 0 bridgehead atoms. The summed E-state index contributed by atoms with van der Waals surface area (Å²) in [4.78, 5) is 2.40. The highest BCUT2D eigenvalue weighted by Crippen LogP contribution is 2.15. The van der Waals surface area contributed by atoms with Crippen LogP contribution in [0.15, 0.2) is 0 Å². The molecule has 0 radical (unpaired) electrons. The summed E-state index contributed by atoms with van der Waals surface area (Å²) in [5.74, 6) is 0. The molecule has 2 heteroatoms. The Labute approximate surface area is 254 Å². The van der Waals surface area contributed by atoms with Gasteiger partial charge < -0.3 is 4.90 Å². The van der Waals surface area contributed by atoms with Gasteiger partial charge in [-0.1, -0.05) is 206 Å². The number of alkyl halides is 1. The molecule has 0 aromatic carbocycles. The summed E-state index contributed by atoms with van der Waals surface area (Å²) in [5.41, 5.74) is 0.